The van der Waals surface area contributed by atoms with E-state index < -0.39 is 10.0 Å². The van der Waals surface area contributed by atoms with Crippen molar-refractivity contribution in [1.29, 1.82) is 0 Å². The summed E-state index contributed by atoms with van der Waals surface area (Å²) in [5.74, 6) is 2.13. The van der Waals surface area contributed by atoms with E-state index in [0.717, 1.165) is 18.8 Å². The van der Waals surface area contributed by atoms with Crippen LogP contribution in [0.1, 0.15) is 50.6 Å². The second kappa shape index (κ2) is 7.72. The Labute approximate surface area is 163 Å². The first kappa shape index (κ1) is 19.2. The largest absolute Gasteiger partial charge is 0.497 e. The SMILES string of the molecule is CCCS(=O)(=O)N1C[C@@H]2C[C@H](C1)[C@@H]1CCC[C@H](c3ccc(OC)cc3)N1C2. The molecule has 0 N–H and O–H groups in total. The monoisotopic (exact) mass is 392 g/mol. The van der Waals surface area contributed by atoms with Crippen molar-refractivity contribution in [3.63, 3.8) is 0 Å². The molecule has 150 valence electrons. The van der Waals surface area contributed by atoms with Gasteiger partial charge in [-0.1, -0.05) is 19.1 Å². The number of nitrogens with zero attached hydrogens (tertiary/aromatic N) is 2. The quantitative estimate of drug-likeness (QED) is 0.772. The Balaban J connectivity index is 1.54. The van der Waals surface area contributed by atoms with Gasteiger partial charge in [-0.05, 0) is 61.6 Å². The van der Waals surface area contributed by atoms with Gasteiger partial charge in [0.2, 0.25) is 10.0 Å². The predicted octanol–water partition coefficient (Wildman–Crippen LogP) is 3.28. The van der Waals surface area contributed by atoms with Crippen LogP contribution in [-0.4, -0.2) is 56.2 Å². The molecule has 0 saturated carbocycles. The molecule has 1 aromatic rings. The maximum Gasteiger partial charge on any atom is 0.214 e. The molecule has 0 spiro atoms. The number of fused-ring (bicyclic) bond motifs is 4. The third-order valence-corrected chi connectivity index (χ3v) is 8.72. The van der Waals surface area contributed by atoms with Gasteiger partial charge >= 0.3 is 0 Å². The van der Waals surface area contributed by atoms with Crippen molar-refractivity contribution in [3.05, 3.63) is 29.8 Å². The van der Waals surface area contributed by atoms with Gasteiger partial charge < -0.3 is 4.74 Å². The number of sulfonamides is 1. The maximum absolute atomic E-state index is 12.6. The normalized spacial score (nSPS) is 32.1. The van der Waals surface area contributed by atoms with Crippen LogP contribution in [0.15, 0.2) is 24.3 Å². The van der Waals surface area contributed by atoms with E-state index in [1.807, 2.05) is 11.2 Å². The lowest BCUT2D eigenvalue weighted by Crippen LogP contribution is -2.60. The van der Waals surface area contributed by atoms with Crippen LogP contribution in [0, 0.1) is 11.8 Å². The first-order valence-corrected chi connectivity index (χ1v) is 12.0. The predicted molar refractivity (Wildman–Crippen MR) is 107 cm³/mol. The average Bonchev–Trinajstić information content (AvgIpc) is 2.67. The van der Waals surface area contributed by atoms with Crippen molar-refractivity contribution >= 4 is 10.0 Å². The van der Waals surface area contributed by atoms with Gasteiger partial charge in [-0.3, -0.25) is 4.90 Å². The number of piperidine rings is 3. The summed E-state index contributed by atoms with van der Waals surface area (Å²) in [5, 5.41) is 0. The summed E-state index contributed by atoms with van der Waals surface area (Å²) in [7, 11) is -1.38. The highest BCUT2D eigenvalue weighted by Crippen LogP contribution is 2.45. The highest BCUT2D eigenvalue weighted by Gasteiger charge is 2.46. The highest BCUT2D eigenvalue weighted by molar-refractivity contribution is 7.89. The first-order valence-electron chi connectivity index (χ1n) is 10.4. The Kier molecular flexibility index (Phi) is 5.50. The van der Waals surface area contributed by atoms with Gasteiger partial charge in [0.15, 0.2) is 0 Å². The molecule has 3 aliphatic heterocycles. The van der Waals surface area contributed by atoms with Crippen molar-refractivity contribution in [2.24, 2.45) is 11.8 Å². The van der Waals surface area contributed by atoms with Crippen LogP contribution in [0.4, 0.5) is 0 Å². The number of rotatable bonds is 5. The Morgan fingerprint density at radius 3 is 2.59 bits per heavy atom. The van der Waals surface area contributed by atoms with Gasteiger partial charge in [0.25, 0.3) is 0 Å². The summed E-state index contributed by atoms with van der Waals surface area (Å²) in [6.07, 6.45) is 5.50. The van der Waals surface area contributed by atoms with Crippen molar-refractivity contribution < 1.29 is 13.2 Å². The van der Waals surface area contributed by atoms with E-state index in [1.54, 1.807) is 7.11 Å². The second-order valence-corrected chi connectivity index (χ2v) is 10.6. The zero-order valence-corrected chi connectivity index (χ0v) is 17.3. The van der Waals surface area contributed by atoms with E-state index in [2.05, 4.69) is 29.2 Å². The average molecular weight is 393 g/mol. The van der Waals surface area contributed by atoms with Crippen LogP contribution >= 0.6 is 0 Å². The molecule has 3 saturated heterocycles. The van der Waals surface area contributed by atoms with Crippen LogP contribution in [-0.2, 0) is 10.0 Å². The zero-order chi connectivity index (χ0) is 19.0. The lowest BCUT2D eigenvalue weighted by Gasteiger charge is -2.55. The Morgan fingerprint density at radius 1 is 1.11 bits per heavy atom. The number of methoxy groups -OCH3 is 1. The molecule has 6 heteroatoms. The van der Waals surface area contributed by atoms with E-state index in [9.17, 15) is 8.42 Å². The molecule has 0 radical (unpaired) electrons. The molecule has 0 aliphatic carbocycles. The van der Waals surface area contributed by atoms with Crippen molar-refractivity contribution in [2.45, 2.75) is 51.1 Å². The van der Waals surface area contributed by atoms with Crippen LogP contribution in [0.2, 0.25) is 0 Å². The minimum atomic E-state index is -3.09. The number of hydrogen-bond donors (Lipinski definition) is 0. The number of hydrogen-bond acceptors (Lipinski definition) is 4. The molecule has 4 atom stereocenters. The fourth-order valence-corrected chi connectivity index (χ4v) is 7.19. The molecule has 5 nitrogen and oxygen atoms in total. The smallest absolute Gasteiger partial charge is 0.214 e. The summed E-state index contributed by atoms with van der Waals surface area (Å²) >= 11 is 0. The van der Waals surface area contributed by atoms with Crippen LogP contribution in [0.3, 0.4) is 0 Å². The third kappa shape index (κ3) is 3.76. The molecule has 0 aromatic heterocycles. The molecule has 0 unspecified atom stereocenters. The maximum atomic E-state index is 12.6. The van der Waals surface area contributed by atoms with Crippen LogP contribution in [0.25, 0.3) is 0 Å². The lowest BCUT2D eigenvalue weighted by molar-refractivity contribution is -0.0416. The molecule has 4 rings (SSSR count). The fraction of sp³-hybridized carbons (Fsp3) is 0.714. The molecule has 3 fully saturated rings. The first-order chi connectivity index (χ1) is 13.0. The van der Waals surface area contributed by atoms with Gasteiger partial charge in [0.1, 0.15) is 5.75 Å². The van der Waals surface area contributed by atoms with Gasteiger partial charge in [0.05, 0.1) is 12.9 Å². The molecular weight excluding hydrogens is 360 g/mol. The van der Waals surface area contributed by atoms with E-state index in [-0.39, 0.29) is 5.75 Å². The Bertz CT molecular complexity index is 749. The Hall–Kier alpha value is -1.11. The third-order valence-electron chi connectivity index (χ3n) is 6.71. The van der Waals surface area contributed by atoms with Gasteiger partial charge in [-0.25, -0.2) is 12.7 Å². The Morgan fingerprint density at radius 2 is 1.89 bits per heavy atom. The topological polar surface area (TPSA) is 49.9 Å². The van der Waals surface area contributed by atoms with E-state index in [0.29, 0.717) is 36.9 Å². The summed E-state index contributed by atoms with van der Waals surface area (Å²) in [6, 6.07) is 9.49. The standard InChI is InChI=1S/C21H32N2O3S/c1-3-11-27(24,25)22-13-16-12-18(15-22)21-6-4-5-20(23(21)14-16)17-7-9-19(26-2)10-8-17/h7-10,16,18,20-21H,3-6,11-15H2,1-2H3/t16-,18+,20+,21-/m0/s1. The number of ether oxygens (including phenoxy) is 1. The fourth-order valence-electron chi connectivity index (χ4n) is 5.56. The minimum absolute atomic E-state index is 0.287. The summed E-state index contributed by atoms with van der Waals surface area (Å²) in [6.45, 7) is 4.40. The van der Waals surface area contributed by atoms with Gasteiger partial charge in [-0.2, -0.15) is 0 Å². The van der Waals surface area contributed by atoms with Crippen LogP contribution in [0.5, 0.6) is 5.75 Å². The van der Waals surface area contributed by atoms with Crippen molar-refractivity contribution in [2.75, 3.05) is 32.5 Å². The molecule has 27 heavy (non-hydrogen) atoms. The van der Waals surface area contributed by atoms with Crippen molar-refractivity contribution in [3.8, 4) is 5.75 Å². The van der Waals surface area contributed by atoms with Crippen molar-refractivity contribution in [1.82, 2.24) is 9.21 Å². The summed E-state index contributed by atoms with van der Waals surface area (Å²) < 4.78 is 32.4. The summed E-state index contributed by atoms with van der Waals surface area (Å²) in [4.78, 5) is 2.70. The van der Waals surface area contributed by atoms with E-state index in [4.69, 9.17) is 4.74 Å². The van der Waals surface area contributed by atoms with E-state index >= 15 is 0 Å². The number of benzene rings is 1. The lowest BCUT2D eigenvalue weighted by atomic mass is 9.74. The molecular formula is C21H32N2O3S. The van der Waals surface area contributed by atoms with E-state index in [1.165, 1.54) is 31.2 Å². The molecule has 3 aliphatic rings. The molecule has 0 amide bonds. The van der Waals surface area contributed by atoms with Gasteiger partial charge in [-0.15, -0.1) is 0 Å². The van der Waals surface area contributed by atoms with Crippen LogP contribution < -0.4 is 4.74 Å². The molecule has 1 aromatic carbocycles. The molecule has 2 bridgehead atoms. The summed E-state index contributed by atoms with van der Waals surface area (Å²) in [5.41, 5.74) is 1.37. The second-order valence-electron chi connectivity index (χ2n) is 8.48. The minimum Gasteiger partial charge on any atom is -0.497 e. The zero-order valence-electron chi connectivity index (χ0n) is 16.5. The molecule has 3 heterocycles. The highest BCUT2D eigenvalue weighted by atomic mass is 32.2. The van der Waals surface area contributed by atoms with Gasteiger partial charge in [0, 0.05) is 31.7 Å².